The second kappa shape index (κ2) is 3.13. The molecule has 1 aliphatic heterocycles. The molecule has 0 radical (unpaired) electrons. The number of rotatable bonds is 0. The van der Waals surface area contributed by atoms with Gasteiger partial charge in [0, 0.05) is 4.48 Å². The van der Waals surface area contributed by atoms with E-state index in [0.717, 1.165) is 7.45 Å². The highest BCUT2D eigenvalue weighted by Crippen LogP contribution is 2.20. The zero-order valence-corrected chi connectivity index (χ0v) is 8.37. The quantitative estimate of drug-likeness (QED) is 0.603. The molecule has 1 aliphatic rings. The molecule has 1 heterocycles. The summed E-state index contributed by atoms with van der Waals surface area (Å²) in [7, 11) is 0. The van der Waals surface area contributed by atoms with Crippen LogP contribution in [0.4, 0.5) is 0 Å². The van der Waals surface area contributed by atoms with Crippen molar-refractivity contribution in [2.45, 2.75) is 0 Å². The summed E-state index contributed by atoms with van der Waals surface area (Å²) in [5, 5.41) is 0. The molecule has 8 heavy (non-hydrogen) atoms. The fourth-order valence-electron chi connectivity index (χ4n) is 0.336. The van der Waals surface area contributed by atoms with Crippen molar-refractivity contribution in [2.24, 2.45) is 0 Å². The molecule has 0 saturated carbocycles. The summed E-state index contributed by atoms with van der Waals surface area (Å²) in [6.07, 6.45) is 3.99. The maximum absolute atomic E-state index is 5.72. The van der Waals surface area contributed by atoms with Gasteiger partial charge < -0.3 is 0 Å². The summed E-state index contributed by atoms with van der Waals surface area (Å²) in [6, 6.07) is 0. The van der Waals surface area contributed by atoms with E-state index in [0.29, 0.717) is 0 Å². The lowest BCUT2D eigenvalue weighted by Gasteiger charge is -1.92. The van der Waals surface area contributed by atoms with Crippen molar-refractivity contribution in [1.29, 1.82) is 0 Å². The summed E-state index contributed by atoms with van der Waals surface area (Å²) >= 11 is 9.05. The van der Waals surface area contributed by atoms with Crippen LogP contribution in [0.3, 0.4) is 0 Å². The van der Waals surface area contributed by atoms with E-state index in [1.807, 2.05) is 12.2 Å². The Bertz CT molecular complexity index is 178. The molecule has 3 heteroatoms. The Balaban J connectivity index is 2.89. The zero-order chi connectivity index (χ0) is 5.98. The smallest absolute Gasteiger partial charge is 0.0746 e. The number of hydrogen-bond donors (Lipinski definition) is 0. The molecule has 0 aliphatic carbocycles. The Kier molecular flexibility index (Phi) is 2.72. The molecular weight excluding hydrogens is 302 g/mol. The molecule has 0 unspecified atom stereocenters. The van der Waals surface area contributed by atoms with Crippen molar-refractivity contribution in [3.8, 4) is 0 Å². The van der Waals surface area contributed by atoms with Crippen molar-refractivity contribution in [3.63, 3.8) is 0 Å². The van der Waals surface area contributed by atoms with Crippen molar-refractivity contribution in [2.75, 3.05) is 0 Å². The molecular formula is C5H3BrClI. The van der Waals surface area contributed by atoms with Gasteiger partial charge in [-0.05, 0) is 16.2 Å². The Morgan fingerprint density at radius 3 is 2.75 bits per heavy atom. The van der Waals surface area contributed by atoms with E-state index in [2.05, 4.69) is 20.0 Å². The molecule has 44 valence electrons. The second-order valence-corrected chi connectivity index (χ2v) is 5.69. The minimum Gasteiger partial charge on any atom is -0.0776 e. The van der Waals surface area contributed by atoms with Gasteiger partial charge >= 0.3 is 0 Å². The lowest BCUT2D eigenvalue weighted by atomic mass is 10.5. The van der Waals surface area contributed by atoms with Gasteiger partial charge in [0.15, 0.2) is 0 Å². The molecule has 0 fully saturated rings. The summed E-state index contributed by atoms with van der Waals surface area (Å²) in [4.78, 5) is 0. The van der Waals surface area contributed by atoms with Crippen molar-refractivity contribution >= 4 is 51.2 Å². The van der Waals surface area contributed by atoms with E-state index >= 15 is 0 Å². The molecule has 0 spiro atoms. The van der Waals surface area contributed by atoms with Gasteiger partial charge in [-0.2, -0.15) is 0 Å². The van der Waals surface area contributed by atoms with Crippen LogP contribution in [0.1, 0.15) is 0 Å². The highest BCUT2D eigenvalue weighted by molar-refractivity contribution is 14.2. The van der Waals surface area contributed by atoms with Crippen LogP contribution in [0.5, 0.6) is 0 Å². The van der Waals surface area contributed by atoms with Crippen molar-refractivity contribution in [3.05, 3.63) is 20.7 Å². The summed E-state index contributed by atoms with van der Waals surface area (Å²) in [6.45, 7) is 0. The third-order valence-corrected chi connectivity index (χ3v) is 3.42. The average Bonchev–Trinajstić information content (AvgIpc) is 1.64. The maximum Gasteiger partial charge on any atom is 0.0746 e. The minimum atomic E-state index is 0.0199. The number of allylic oxidation sites excluding steroid dienone is 3. The first kappa shape index (κ1) is 6.96. The molecule has 0 aromatic rings. The fraction of sp³-hybridized carbons (Fsp3) is 0. The van der Waals surface area contributed by atoms with Gasteiger partial charge in [0.05, 0.1) is 2.97 Å². The van der Waals surface area contributed by atoms with Gasteiger partial charge in [-0.3, -0.25) is 0 Å². The van der Waals surface area contributed by atoms with E-state index in [4.69, 9.17) is 11.6 Å². The third-order valence-electron chi connectivity index (χ3n) is 0.636. The van der Waals surface area contributed by atoms with Gasteiger partial charge in [-0.1, -0.05) is 48.3 Å². The van der Waals surface area contributed by atoms with Crippen LogP contribution >= 0.6 is 48.3 Å². The molecule has 0 aromatic carbocycles. The van der Waals surface area contributed by atoms with Gasteiger partial charge in [0.1, 0.15) is 0 Å². The first-order chi connectivity index (χ1) is 3.79. The van der Waals surface area contributed by atoms with Crippen LogP contribution in [-0.4, -0.2) is 2.97 Å². The standard InChI is InChI=1S/C5H3BrClI/c6-4-1-2-8-5(7)3-4/h1-3H. The molecule has 0 atom stereocenters. The Hall–Kier alpha value is 0.850. The molecule has 0 saturated heterocycles. The molecule has 0 bridgehead atoms. The summed E-state index contributed by atoms with van der Waals surface area (Å²) in [5.41, 5.74) is 0. The predicted octanol–water partition coefficient (Wildman–Crippen LogP) is 3.13. The Labute approximate surface area is 71.5 Å². The van der Waals surface area contributed by atoms with Crippen LogP contribution in [-0.2, 0) is 0 Å². The molecule has 0 aromatic heterocycles. The number of hydrogen-bond acceptors (Lipinski definition) is 0. The average molecular weight is 305 g/mol. The van der Waals surface area contributed by atoms with Crippen LogP contribution in [0.2, 0.25) is 0 Å². The summed E-state index contributed by atoms with van der Waals surface area (Å²) in [5.74, 6) is 0. The minimum absolute atomic E-state index is 0.0199. The van der Waals surface area contributed by atoms with Crippen LogP contribution in [0.25, 0.3) is 0 Å². The van der Waals surface area contributed by atoms with Crippen molar-refractivity contribution in [1.82, 2.24) is 0 Å². The van der Waals surface area contributed by atoms with Gasteiger partial charge in [0.25, 0.3) is 0 Å². The first-order valence-electron chi connectivity index (χ1n) is 1.98. The monoisotopic (exact) mass is 304 g/mol. The zero-order valence-electron chi connectivity index (χ0n) is 3.87. The maximum atomic E-state index is 5.72. The highest BCUT2D eigenvalue weighted by Gasteiger charge is 1.91. The highest BCUT2D eigenvalue weighted by atomic mass is 127. The van der Waals surface area contributed by atoms with E-state index in [1.165, 1.54) is 0 Å². The molecule has 0 N–H and O–H groups in total. The summed E-state index contributed by atoms with van der Waals surface area (Å²) < 4.78 is 4.21. The van der Waals surface area contributed by atoms with E-state index in [-0.39, 0.29) is 20.7 Å². The molecule has 1 rings (SSSR count). The third kappa shape index (κ3) is 1.99. The van der Waals surface area contributed by atoms with E-state index in [9.17, 15) is 0 Å². The van der Waals surface area contributed by atoms with E-state index < -0.39 is 0 Å². The Morgan fingerprint density at radius 1 is 1.62 bits per heavy atom. The Morgan fingerprint density at radius 2 is 2.38 bits per heavy atom. The molecule has 0 nitrogen and oxygen atoms in total. The largest absolute Gasteiger partial charge is 0.0776 e. The fourth-order valence-corrected chi connectivity index (χ4v) is 3.61. The topological polar surface area (TPSA) is 0 Å². The van der Waals surface area contributed by atoms with Crippen LogP contribution in [0.15, 0.2) is 20.7 Å². The van der Waals surface area contributed by atoms with Gasteiger partial charge in [-0.15, -0.1) is 0 Å². The normalized spacial score (nSPS) is 18.8. The molecule has 0 amide bonds. The predicted molar refractivity (Wildman–Crippen MR) is 51.0 cm³/mol. The van der Waals surface area contributed by atoms with E-state index in [1.54, 1.807) is 0 Å². The van der Waals surface area contributed by atoms with Gasteiger partial charge in [-0.25, -0.2) is 0 Å². The lowest BCUT2D eigenvalue weighted by Crippen LogP contribution is -1.76. The SMILES string of the molecule is ClC1=IC=CC(Br)=C1. The van der Waals surface area contributed by atoms with Crippen LogP contribution in [0, 0.1) is 0 Å². The lowest BCUT2D eigenvalue weighted by molar-refractivity contribution is 2.03. The van der Waals surface area contributed by atoms with Crippen LogP contribution < -0.4 is 0 Å². The first-order valence-corrected chi connectivity index (χ1v) is 5.48. The van der Waals surface area contributed by atoms with Crippen molar-refractivity contribution < 1.29 is 0 Å². The number of halogens is 3. The van der Waals surface area contributed by atoms with Gasteiger partial charge in [0.2, 0.25) is 0 Å². The second-order valence-electron chi connectivity index (χ2n) is 1.22.